The summed E-state index contributed by atoms with van der Waals surface area (Å²) in [5.74, 6) is -0.132. The number of ether oxygens (including phenoxy) is 1. The molecule has 0 unspecified atom stereocenters. The van der Waals surface area contributed by atoms with Gasteiger partial charge in [0, 0.05) is 5.39 Å². The van der Waals surface area contributed by atoms with Crippen molar-refractivity contribution in [2.45, 2.75) is 6.61 Å². The van der Waals surface area contributed by atoms with Gasteiger partial charge in [0.25, 0.3) is 0 Å². The van der Waals surface area contributed by atoms with E-state index in [2.05, 4.69) is 0 Å². The maximum atomic E-state index is 11.1. The topological polar surface area (TPSA) is 79.9 Å². The van der Waals surface area contributed by atoms with E-state index in [1.807, 2.05) is 0 Å². The van der Waals surface area contributed by atoms with Crippen molar-refractivity contribution in [2.75, 3.05) is 0 Å². The first-order valence-electron chi connectivity index (χ1n) is 6.30. The van der Waals surface area contributed by atoms with Gasteiger partial charge in [-0.15, -0.1) is 0 Å². The SMILES string of the molecule is O=C(O)c1cccc2oc(COc3ccccc3O)cc12. The first-order chi connectivity index (χ1) is 10.1. The van der Waals surface area contributed by atoms with Crippen LogP contribution >= 0.6 is 0 Å². The molecule has 3 aromatic rings. The minimum atomic E-state index is -1.01. The smallest absolute Gasteiger partial charge is 0.336 e. The van der Waals surface area contributed by atoms with Gasteiger partial charge in [0.1, 0.15) is 18.0 Å². The Morgan fingerprint density at radius 1 is 1.14 bits per heavy atom. The monoisotopic (exact) mass is 284 g/mol. The Bertz CT molecular complexity index is 803. The number of carboxylic acid groups (broad SMARTS) is 1. The van der Waals surface area contributed by atoms with E-state index < -0.39 is 5.97 Å². The molecule has 0 fully saturated rings. The molecule has 0 amide bonds. The Hall–Kier alpha value is -2.95. The average Bonchev–Trinajstić information content (AvgIpc) is 2.88. The van der Waals surface area contributed by atoms with Crippen LogP contribution in [0.15, 0.2) is 52.9 Å². The standard InChI is InChI=1S/C16H12O5/c17-13-5-1-2-6-15(13)20-9-10-8-12-11(16(18)19)4-3-7-14(12)21-10/h1-8,17H,9H2,(H,18,19). The Morgan fingerprint density at radius 3 is 2.71 bits per heavy atom. The Morgan fingerprint density at radius 2 is 1.95 bits per heavy atom. The van der Waals surface area contributed by atoms with E-state index >= 15 is 0 Å². The molecule has 0 bridgehead atoms. The van der Waals surface area contributed by atoms with Crippen molar-refractivity contribution >= 4 is 16.9 Å². The number of furan rings is 1. The largest absolute Gasteiger partial charge is 0.504 e. The van der Waals surface area contributed by atoms with E-state index in [-0.39, 0.29) is 17.9 Å². The zero-order chi connectivity index (χ0) is 14.8. The molecule has 21 heavy (non-hydrogen) atoms. The summed E-state index contributed by atoms with van der Waals surface area (Å²) in [5.41, 5.74) is 0.677. The normalized spacial score (nSPS) is 10.7. The number of carboxylic acids is 1. The highest BCUT2D eigenvalue weighted by molar-refractivity contribution is 6.02. The molecule has 0 aliphatic heterocycles. The highest BCUT2D eigenvalue weighted by Gasteiger charge is 2.13. The third kappa shape index (κ3) is 2.53. The van der Waals surface area contributed by atoms with Crippen molar-refractivity contribution in [3.8, 4) is 11.5 Å². The molecule has 106 valence electrons. The summed E-state index contributed by atoms with van der Waals surface area (Å²) in [6.07, 6.45) is 0. The van der Waals surface area contributed by atoms with Crippen LogP contribution in [0.4, 0.5) is 0 Å². The summed E-state index contributed by atoms with van der Waals surface area (Å²) in [6.45, 7) is 0.102. The Labute approximate surface area is 120 Å². The Balaban J connectivity index is 1.87. The molecule has 0 radical (unpaired) electrons. The number of benzene rings is 2. The molecule has 0 aliphatic carbocycles. The quantitative estimate of drug-likeness (QED) is 0.767. The Kier molecular flexibility index (Phi) is 3.23. The maximum Gasteiger partial charge on any atom is 0.336 e. The van der Waals surface area contributed by atoms with E-state index in [4.69, 9.17) is 14.3 Å². The molecule has 1 aromatic heterocycles. The second-order valence-electron chi connectivity index (χ2n) is 4.49. The van der Waals surface area contributed by atoms with Crippen molar-refractivity contribution in [3.05, 3.63) is 59.9 Å². The molecule has 3 rings (SSSR count). The molecular formula is C16H12O5. The van der Waals surface area contributed by atoms with Crippen molar-refractivity contribution in [2.24, 2.45) is 0 Å². The van der Waals surface area contributed by atoms with Crippen molar-refractivity contribution in [3.63, 3.8) is 0 Å². The van der Waals surface area contributed by atoms with Gasteiger partial charge in [0.2, 0.25) is 0 Å². The zero-order valence-electron chi connectivity index (χ0n) is 10.9. The van der Waals surface area contributed by atoms with Gasteiger partial charge in [0.15, 0.2) is 11.5 Å². The second-order valence-corrected chi connectivity index (χ2v) is 4.49. The van der Waals surface area contributed by atoms with Gasteiger partial charge in [-0.05, 0) is 30.3 Å². The van der Waals surface area contributed by atoms with Gasteiger partial charge in [-0.1, -0.05) is 18.2 Å². The summed E-state index contributed by atoms with van der Waals surface area (Å²) >= 11 is 0. The van der Waals surface area contributed by atoms with Crippen LogP contribution in [-0.4, -0.2) is 16.2 Å². The van der Waals surface area contributed by atoms with Crippen LogP contribution < -0.4 is 4.74 Å². The highest BCUT2D eigenvalue weighted by atomic mass is 16.5. The van der Waals surface area contributed by atoms with Crippen molar-refractivity contribution in [1.82, 2.24) is 0 Å². The fraction of sp³-hybridized carbons (Fsp3) is 0.0625. The number of hydrogen-bond donors (Lipinski definition) is 2. The molecular weight excluding hydrogens is 272 g/mol. The first kappa shape index (κ1) is 13.1. The van der Waals surface area contributed by atoms with E-state index in [9.17, 15) is 9.90 Å². The lowest BCUT2D eigenvalue weighted by Crippen LogP contribution is -1.95. The summed E-state index contributed by atoms with van der Waals surface area (Å²) in [4.78, 5) is 11.1. The maximum absolute atomic E-state index is 11.1. The molecule has 0 saturated heterocycles. The molecule has 2 aromatic carbocycles. The molecule has 0 aliphatic rings. The number of phenols is 1. The van der Waals surface area contributed by atoms with Crippen LogP contribution in [0.25, 0.3) is 11.0 Å². The van der Waals surface area contributed by atoms with Crippen molar-refractivity contribution < 1.29 is 24.2 Å². The number of hydrogen-bond acceptors (Lipinski definition) is 4. The molecule has 2 N–H and O–H groups in total. The van der Waals surface area contributed by atoms with Crippen LogP contribution in [0.1, 0.15) is 16.1 Å². The fourth-order valence-corrected chi connectivity index (χ4v) is 2.10. The van der Waals surface area contributed by atoms with Crippen LogP contribution in [0.2, 0.25) is 0 Å². The van der Waals surface area contributed by atoms with Gasteiger partial charge in [-0.25, -0.2) is 4.79 Å². The molecule has 5 nitrogen and oxygen atoms in total. The summed E-state index contributed by atoms with van der Waals surface area (Å²) in [5, 5.41) is 19.3. The molecule has 0 saturated carbocycles. The predicted molar refractivity (Wildman–Crippen MR) is 75.6 cm³/mol. The molecule has 0 atom stereocenters. The van der Waals surface area contributed by atoms with E-state index in [1.165, 1.54) is 12.1 Å². The first-order valence-corrected chi connectivity index (χ1v) is 6.30. The lowest BCUT2D eigenvalue weighted by Gasteiger charge is -2.05. The number of rotatable bonds is 4. The van der Waals surface area contributed by atoms with Crippen LogP contribution in [0.3, 0.4) is 0 Å². The lowest BCUT2D eigenvalue weighted by atomic mass is 10.1. The zero-order valence-corrected chi connectivity index (χ0v) is 10.9. The van der Waals surface area contributed by atoms with Crippen LogP contribution in [0.5, 0.6) is 11.5 Å². The third-order valence-electron chi connectivity index (χ3n) is 3.08. The van der Waals surface area contributed by atoms with Gasteiger partial charge in [-0.3, -0.25) is 0 Å². The summed E-state index contributed by atoms with van der Waals surface area (Å²) < 4.78 is 11.0. The number of phenolic OH excluding ortho intramolecular Hbond substituents is 1. The predicted octanol–water partition coefficient (Wildman–Crippen LogP) is 3.42. The minimum absolute atomic E-state index is 0.0415. The number of aromatic carboxylic acids is 1. The third-order valence-corrected chi connectivity index (χ3v) is 3.08. The van der Waals surface area contributed by atoms with E-state index in [0.29, 0.717) is 22.5 Å². The summed E-state index contributed by atoms with van der Waals surface area (Å²) in [7, 11) is 0. The van der Waals surface area contributed by atoms with E-state index in [0.717, 1.165) is 0 Å². The second kappa shape index (κ2) is 5.20. The fourth-order valence-electron chi connectivity index (χ4n) is 2.10. The van der Waals surface area contributed by atoms with Gasteiger partial charge >= 0.3 is 5.97 Å². The van der Waals surface area contributed by atoms with Crippen LogP contribution in [-0.2, 0) is 6.61 Å². The lowest BCUT2D eigenvalue weighted by molar-refractivity contribution is 0.0699. The minimum Gasteiger partial charge on any atom is -0.504 e. The summed E-state index contributed by atoms with van der Waals surface area (Å²) in [6, 6.07) is 13.1. The van der Waals surface area contributed by atoms with Gasteiger partial charge in [-0.2, -0.15) is 0 Å². The average molecular weight is 284 g/mol. The number of aromatic hydroxyl groups is 1. The van der Waals surface area contributed by atoms with Crippen LogP contribution in [0, 0.1) is 0 Å². The number of para-hydroxylation sites is 2. The van der Waals surface area contributed by atoms with Gasteiger partial charge < -0.3 is 19.4 Å². The van der Waals surface area contributed by atoms with Gasteiger partial charge in [0.05, 0.1) is 5.56 Å². The number of carbonyl (C=O) groups is 1. The van der Waals surface area contributed by atoms with E-state index in [1.54, 1.807) is 36.4 Å². The molecule has 5 heteroatoms. The number of fused-ring (bicyclic) bond motifs is 1. The van der Waals surface area contributed by atoms with Crippen molar-refractivity contribution in [1.29, 1.82) is 0 Å². The highest BCUT2D eigenvalue weighted by Crippen LogP contribution is 2.27. The molecule has 0 spiro atoms. The molecule has 1 heterocycles.